The molecule has 1 heterocycles. The van der Waals surface area contributed by atoms with Gasteiger partial charge in [-0.3, -0.25) is 9.59 Å². The van der Waals surface area contributed by atoms with E-state index in [1.807, 2.05) is 38.1 Å². The number of Topliss-reactive ketones (excluding diaryl/α,β-unsaturated/α-hetero) is 1. The van der Waals surface area contributed by atoms with Gasteiger partial charge >= 0.3 is 0 Å². The Bertz CT molecular complexity index is 786. The van der Waals surface area contributed by atoms with Gasteiger partial charge < -0.3 is 9.64 Å². The number of rotatable bonds is 4. The minimum atomic E-state index is -0.540. The lowest BCUT2D eigenvalue weighted by atomic mass is 10.1. The first-order valence-corrected chi connectivity index (χ1v) is 7.75. The summed E-state index contributed by atoms with van der Waals surface area (Å²) < 4.78 is 5.78. The molecule has 1 aliphatic heterocycles. The van der Waals surface area contributed by atoms with Crippen LogP contribution in [0.4, 0.5) is 5.69 Å². The van der Waals surface area contributed by atoms with Crippen LogP contribution < -0.4 is 9.64 Å². The second-order valence-electron chi connectivity index (χ2n) is 5.66. The second-order valence-corrected chi connectivity index (χ2v) is 6.09. The minimum absolute atomic E-state index is 0.0261. The van der Waals surface area contributed by atoms with E-state index in [4.69, 9.17) is 16.3 Å². The normalized spacial score (nSPS) is 13.7. The van der Waals surface area contributed by atoms with E-state index < -0.39 is 11.7 Å². The molecule has 0 fully saturated rings. The number of para-hydroxylation sites is 1. The SMILES string of the molecule is CC(C)Oc1ccccc1CN1C(=O)C(=O)c2cc(Cl)ccc21. The zero-order valence-corrected chi connectivity index (χ0v) is 13.6. The van der Waals surface area contributed by atoms with Gasteiger partial charge in [-0.2, -0.15) is 0 Å². The summed E-state index contributed by atoms with van der Waals surface area (Å²) >= 11 is 5.92. The zero-order valence-electron chi connectivity index (χ0n) is 12.9. The van der Waals surface area contributed by atoms with Gasteiger partial charge in [0.25, 0.3) is 11.7 Å². The van der Waals surface area contributed by atoms with Gasteiger partial charge in [0.1, 0.15) is 5.75 Å². The Balaban J connectivity index is 1.96. The maximum Gasteiger partial charge on any atom is 0.299 e. The van der Waals surface area contributed by atoms with Crippen LogP contribution in [0.2, 0.25) is 5.02 Å². The van der Waals surface area contributed by atoms with Crippen molar-refractivity contribution in [2.24, 2.45) is 0 Å². The number of carbonyl (C=O) groups is 2. The molecule has 2 aromatic carbocycles. The van der Waals surface area contributed by atoms with E-state index in [2.05, 4.69) is 0 Å². The molecule has 3 rings (SSSR count). The lowest BCUT2D eigenvalue weighted by Gasteiger charge is -2.20. The fourth-order valence-electron chi connectivity index (χ4n) is 2.60. The van der Waals surface area contributed by atoms with Crippen LogP contribution in [-0.2, 0) is 11.3 Å². The predicted octanol–water partition coefficient (Wildman–Crippen LogP) is 3.86. The van der Waals surface area contributed by atoms with E-state index in [1.54, 1.807) is 12.1 Å². The fraction of sp³-hybridized carbons (Fsp3) is 0.222. The van der Waals surface area contributed by atoms with Crippen LogP contribution in [0.25, 0.3) is 0 Å². The average molecular weight is 330 g/mol. The average Bonchev–Trinajstić information content (AvgIpc) is 2.73. The number of hydrogen-bond acceptors (Lipinski definition) is 3. The summed E-state index contributed by atoms with van der Waals surface area (Å²) in [6.45, 7) is 4.17. The molecule has 0 aliphatic carbocycles. The molecule has 118 valence electrons. The number of benzene rings is 2. The third-order valence-electron chi connectivity index (χ3n) is 3.60. The first-order chi connectivity index (χ1) is 11.0. The molecule has 2 aromatic rings. The van der Waals surface area contributed by atoms with Crippen molar-refractivity contribution in [1.82, 2.24) is 0 Å². The molecular weight excluding hydrogens is 314 g/mol. The Morgan fingerprint density at radius 3 is 2.61 bits per heavy atom. The summed E-state index contributed by atoms with van der Waals surface area (Å²) in [4.78, 5) is 25.9. The molecule has 0 saturated heterocycles. The first kappa shape index (κ1) is 15.6. The fourth-order valence-corrected chi connectivity index (χ4v) is 2.78. The van der Waals surface area contributed by atoms with Crippen LogP contribution in [0.15, 0.2) is 42.5 Å². The van der Waals surface area contributed by atoms with Gasteiger partial charge in [-0.1, -0.05) is 29.8 Å². The van der Waals surface area contributed by atoms with Gasteiger partial charge in [-0.05, 0) is 38.1 Å². The molecule has 4 nitrogen and oxygen atoms in total. The number of nitrogens with zero attached hydrogens (tertiary/aromatic N) is 1. The summed E-state index contributed by atoms with van der Waals surface area (Å²) in [5.41, 5.74) is 1.79. The van der Waals surface area contributed by atoms with Gasteiger partial charge in [0, 0.05) is 10.6 Å². The number of fused-ring (bicyclic) bond motifs is 1. The monoisotopic (exact) mass is 329 g/mol. The number of hydrogen-bond donors (Lipinski definition) is 0. The van der Waals surface area contributed by atoms with Crippen LogP contribution in [0.1, 0.15) is 29.8 Å². The third kappa shape index (κ3) is 2.94. The molecule has 0 atom stereocenters. The van der Waals surface area contributed by atoms with Gasteiger partial charge in [-0.25, -0.2) is 0 Å². The Hall–Kier alpha value is -2.33. The number of ether oxygens (including phenoxy) is 1. The van der Waals surface area contributed by atoms with Gasteiger partial charge in [0.05, 0.1) is 23.9 Å². The molecule has 0 radical (unpaired) electrons. The predicted molar refractivity (Wildman–Crippen MR) is 89.2 cm³/mol. The first-order valence-electron chi connectivity index (χ1n) is 7.37. The van der Waals surface area contributed by atoms with Crippen LogP contribution >= 0.6 is 11.6 Å². The van der Waals surface area contributed by atoms with E-state index in [1.165, 1.54) is 11.0 Å². The Kier molecular flexibility index (Phi) is 4.09. The number of halogens is 1. The highest BCUT2D eigenvalue weighted by atomic mass is 35.5. The van der Waals surface area contributed by atoms with E-state index in [0.29, 0.717) is 22.0 Å². The molecule has 23 heavy (non-hydrogen) atoms. The highest BCUT2D eigenvalue weighted by molar-refractivity contribution is 6.52. The standard InChI is InChI=1S/C18H16ClNO3/c1-11(2)23-16-6-4-3-5-12(16)10-20-15-8-7-13(19)9-14(15)17(21)18(20)22/h3-9,11H,10H2,1-2H3. The number of carbonyl (C=O) groups excluding carboxylic acids is 2. The van der Waals surface area contributed by atoms with E-state index in [9.17, 15) is 9.59 Å². The van der Waals surface area contributed by atoms with Crippen molar-refractivity contribution in [3.05, 3.63) is 58.6 Å². The molecule has 0 aromatic heterocycles. The topological polar surface area (TPSA) is 46.6 Å². The molecule has 0 bridgehead atoms. The summed E-state index contributed by atoms with van der Waals surface area (Å²) in [5, 5.41) is 0.440. The molecule has 0 unspecified atom stereocenters. The lowest BCUT2D eigenvalue weighted by Crippen LogP contribution is -2.29. The molecule has 5 heteroatoms. The zero-order chi connectivity index (χ0) is 16.6. The number of amides is 1. The van der Waals surface area contributed by atoms with Gasteiger partial charge in [-0.15, -0.1) is 0 Å². The Labute approximate surface area is 139 Å². The quantitative estimate of drug-likeness (QED) is 0.800. The maximum atomic E-state index is 12.3. The minimum Gasteiger partial charge on any atom is -0.491 e. The van der Waals surface area contributed by atoms with Crippen molar-refractivity contribution in [2.45, 2.75) is 26.5 Å². The number of anilines is 1. The highest BCUT2D eigenvalue weighted by Crippen LogP contribution is 2.33. The van der Waals surface area contributed by atoms with Crippen molar-refractivity contribution in [3.8, 4) is 5.75 Å². The molecule has 0 saturated carbocycles. The summed E-state index contributed by atoms with van der Waals surface area (Å²) in [7, 11) is 0. The largest absolute Gasteiger partial charge is 0.491 e. The summed E-state index contributed by atoms with van der Waals surface area (Å²) in [5.74, 6) is -0.350. The van der Waals surface area contributed by atoms with E-state index >= 15 is 0 Å². The third-order valence-corrected chi connectivity index (χ3v) is 3.83. The molecule has 1 aliphatic rings. The Morgan fingerprint density at radius 2 is 1.87 bits per heavy atom. The summed E-state index contributed by atoms with van der Waals surface area (Å²) in [6, 6.07) is 12.4. The summed E-state index contributed by atoms with van der Waals surface area (Å²) in [6.07, 6.45) is 0.0261. The smallest absolute Gasteiger partial charge is 0.299 e. The highest BCUT2D eigenvalue weighted by Gasteiger charge is 2.36. The van der Waals surface area contributed by atoms with Gasteiger partial charge in [0.15, 0.2) is 0 Å². The van der Waals surface area contributed by atoms with Crippen LogP contribution in [0.5, 0.6) is 5.75 Å². The van der Waals surface area contributed by atoms with E-state index in [0.717, 1.165) is 5.56 Å². The van der Waals surface area contributed by atoms with Crippen LogP contribution in [0.3, 0.4) is 0 Å². The van der Waals surface area contributed by atoms with Gasteiger partial charge in [0.2, 0.25) is 0 Å². The van der Waals surface area contributed by atoms with Crippen LogP contribution in [-0.4, -0.2) is 17.8 Å². The van der Waals surface area contributed by atoms with Crippen molar-refractivity contribution in [2.75, 3.05) is 4.90 Å². The lowest BCUT2D eigenvalue weighted by molar-refractivity contribution is -0.114. The Morgan fingerprint density at radius 1 is 1.13 bits per heavy atom. The molecule has 0 N–H and O–H groups in total. The van der Waals surface area contributed by atoms with Crippen LogP contribution in [0, 0.1) is 0 Å². The second kappa shape index (κ2) is 6.05. The molecule has 0 spiro atoms. The van der Waals surface area contributed by atoms with E-state index in [-0.39, 0.29) is 12.6 Å². The van der Waals surface area contributed by atoms with Crippen molar-refractivity contribution < 1.29 is 14.3 Å². The van der Waals surface area contributed by atoms with Crippen molar-refractivity contribution in [3.63, 3.8) is 0 Å². The maximum absolute atomic E-state index is 12.3. The number of ketones is 1. The van der Waals surface area contributed by atoms with Crippen molar-refractivity contribution in [1.29, 1.82) is 0 Å². The molecule has 1 amide bonds. The van der Waals surface area contributed by atoms with Crippen molar-refractivity contribution >= 4 is 29.0 Å². The molecular formula is C18H16ClNO3.